The van der Waals surface area contributed by atoms with Gasteiger partial charge in [0.2, 0.25) is 0 Å². The summed E-state index contributed by atoms with van der Waals surface area (Å²) in [6.45, 7) is 2.81. The molecule has 0 aliphatic carbocycles. The van der Waals surface area contributed by atoms with Gasteiger partial charge in [0.15, 0.2) is 0 Å². The summed E-state index contributed by atoms with van der Waals surface area (Å²) >= 11 is 0. The van der Waals surface area contributed by atoms with Gasteiger partial charge in [-0.15, -0.1) is 6.58 Å². The second kappa shape index (κ2) is 8.26. The van der Waals surface area contributed by atoms with E-state index in [9.17, 15) is 52.7 Å². The Hall–Kier alpha value is -1.00. The zero-order valence-electron chi connectivity index (χ0n) is 15.0. The molecule has 0 atom stereocenters. The second-order valence-corrected chi connectivity index (χ2v) is 8.54. The average molecular weight is 476 g/mol. The van der Waals surface area contributed by atoms with Crippen molar-refractivity contribution >= 4 is 8.80 Å². The Bertz CT molecular complexity index is 569. The molecule has 0 bridgehead atoms. The summed E-state index contributed by atoms with van der Waals surface area (Å²) in [5.74, 6) is -35.9. The van der Waals surface area contributed by atoms with E-state index in [0.717, 1.165) is 0 Å². The first kappa shape index (κ1) is 28.0. The first-order valence-corrected chi connectivity index (χ1v) is 9.00. The highest BCUT2D eigenvalue weighted by molar-refractivity contribution is 6.63. The molecule has 0 aliphatic rings. The van der Waals surface area contributed by atoms with E-state index in [1.807, 2.05) is 0 Å². The summed E-state index contributed by atoms with van der Waals surface area (Å²) in [6, 6.07) is 0. The minimum absolute atomic E-state index is 0.206. The molecular formula is C13H16F12O3Si. The van der Waals surface area contributed by atoms with Crippen molar-refractivity contribution in [3.8, 4) is 0 Å². The third-order valence-corrected chi connectivity index (χ3v) is 6.59. The van der Waals surface area contributed by atoms with E-state index in [1.165, 1.54) is 0 Å². The van der Waals surface area contributed by atoms with Gasteiger partial charge in [-0.05, 0) is 6.42 Å². The molecule has 3 nitrogen and oxygen atoms in total. The molecule has 0 aliphatic heterocycles. The van der Waals surface area contributed by atoms with Gasteiger partial charge in [-0.25, -0.2) is 0 Å². The number of hydrogen-bond donors (Lipinski definition) is 0. The lowest BCUT2D eigenvalue weighted by Gasteiger charge is -2.43. The van der Waals surface area contributed by atoms with E-state index in [2.05, 4.69) is 19.9 Å². The highest BCUT2D eigenvalue weighted by Gasteiger charge is 2.93. The molecule has 0 aromatic heterocycles. The van der Waals surface area contributed by atoms with Gasteiger partial charge >= 0.3 is 44.0 Å². The fourth-order valence-electron chi connectivity index (χ4n) is 2.09. The fourth-order valence-corrected chi connectivity index (χ4v) is 3.90. The standard InChI is InChI=1S/C13H16F12O3Si/c1-5-6-7-8(14,15)9(16,17)10(18,19)11(20,21)12(22,23)13(24,25)29(26-2,27-3)28-4/h5H,1,6-7H2,2-4H3. The molecule has 0 aromatic rings. The molecular weight excluding hydrogens is 460 g/mol. The Labute approximate surface area is 158 Å². The van der Waals surface area contributed by atoms with Gasteiger partial charge < -0.3 is 13.3 Å². The number of alkyl halides is 12. The van der Waals surface area contributed by atoms with Crippen LogP contribution in [-0.2, 0) is 13.3 Å². The third kappa shape index (κ3) is 3.76. The molecule has 0 saturated carbocycles. The molecule has 0 spiro atoms. The van der Waals surface area contributed by atoms with E-state index in [-0.39, 0.29) is 21.3 Å². The van der Waals surface area contributed by atoms with E-state index in [0.29, 0.717) is 6.08 Å². The minimum atomic E-state index is -7.71. The Morgan fingerprint density at radius 1 is 0.655 bits per heavy atom. The van der Waals surface area contributed by atoms with E-state index in [4.69, 9.17) is 0 Å². The normalized spacial score (nSPS) is 15.6. The maximum atomic E-state index is 14.1. The van der Waals surface area contributed by atoms with Crippen molar-refractivity contribution in [3.63, 3.8) is 0 Å². The Kier molecular flexibility index (Phi) is 7.97. The van der Waals surface area contributed by atoms with Crippen LogP contribution in [0.3, 0.4) is 0 Å². The van der Waals surface area contributed by atoms with Gasteiger partial charge in [0.05, 0.1) is 0 Å². The topological polar surface area (TPSA) is 27.7 Å². The maximum absolute atomic E-state index is 14.1. The van der Waals surface area contributed by atoms with Crippen LogP contribution in [0, 0.1) is 0 Å². The Balaban J connectivity index is 6.59. The van der Waals surface area contributed by atoms with Crippen molar-refractivity contribution in [1.29, 1.82) is 0 Å². The lowest BCUT2D eigenvalue weighted by Crippen LogP contribution is -2.76. The van der Waals surface area contributed by atoms with Crippen LogP contribution >= 0.6 is 0 Å². The fraction of sp³-hybridized carbons (Fsp3) is 0.846. The molecule has 0 rings (SSSR count). The lowest BCUT2D eigenvalue weighted by atomic mass is 9.92. The van der Waals surface area contributed by atoms with E-state index >= 15 is 0 Å². The second-order valence-electron chi connectivity index (χ2n) is 5.57. The molecule has 0 saturated heterocycles. The molecule has 0 unspecified atom stereocenters. The lowest BCUT2D eigenvalue weighted by molar-refractivity contribution is -0.420. The maximum Gasteiger partial charge on any atom is 0.581 e. The van der Waals surface area contributed by atoms with Crippen LogP contribution in [0.2, 0.25) is 0 Å². The largest absolute Gasteiger partial charge is 0.581 e. The van der Waals surface area contributed by atoms with Crippen molar-refractivity contribution in [2.75, 3.05) is 21.3 Å². The highest BCUT2D eigenvalue weighted by Crippen LogP contribution is 2.61. The average Bonchev–Trinajstić information content (AvgIpc) is 2.60. The summed E-state index contributed by atoms with van der Waals surface area (Å²) in [4.78, 5) is 0. The summed E-state index contributed by atoms with van der Waals surface area (Å²) in [6.07, 6.45) is -2.79. The predicted molar refractivity (Wildman–Crippen MR) is 75.9 cm³/mol. The van der Waals surface area contributed by atoms with Gasteiger partial charge in [0.25, 0.3) is 0 Å². The van der Waals surface area contributed by atoms with Crippen molar-refractivity contribution in [3.05, 3.63) is 12.7 Å². The van der Waals surface area contributed by atoms with Crippen molar-refractivity contribution in [1.82, 2.24) is 0 Å². The molecule has 0 N–H and O–H groups in total. The van der Waals surface area contributed by atoms with Crippen molar-refractivity contribution < 1.29 is 66.0 Å². The Morgan fingerprint density at radius 2 is 1.00 bits per heavy atom. The van der Waals surface area contributed by atoms with Crippen molar-refractivity contribution in [2.45, 2.75) is 48.0 Å². The van der Waals surface area contributed by atoms with Crippen LogP contribution in [-0.4, -0.2) is 65.3 Å². The van der Waals surface area contributed by atoms with E-state index in [1.54, 1.807) is 0 Å². The van der Waals surface area contributed by atoms with Crippen molar-refractivity contribution in [2.24, 2.45) is 0 Å². The molecule has 0 aromatic carbocycles. The SMILES string of the molecule is C=CCCC(F)(F)C(F)(F)C(F)(F)C(F)(F)C(F)(F)C(F)(F)[Si](OC)(OC)OC. The number of allylic oxidation sites excluding steroid dienone is 1. The minimum Gasteiger partial charge on any atom is -0.373 e. The van der Waals surface area contributed by atoms with Crippen LogP contribution in [0.1, 0.15) is 12.8 Å². The third-order valence-electron chi connectivity index (χ3n) is 3.89. The predicted octanol–water partition coefficient (Wildman–Crippen LogP) is 5.18. The van der Waals surface area contributed by atoms with Gasteiger partial charge in [-0.3, -0.25) is 0 Å². The molecule has 0 radical (unpaired) electrons. The number of rotatable bonds is 12. The van der Waals surface area contributed by atoms with Crippen LogP contribution in [0.15, 0.2) is 12.7 Å². The van der Waals surface area contributed by atoms with Gasteiger partial charge in [0.1, 0.15) is 0 Å². The monoisotopic (exact) mass is 476 g/mol. The first-order valence-electron chi connectivity index (χ1n) is 7.27. The first-order chi connectivity index (χ1) is 12.7. The molecule has 0 heterocycles. The summed E-state index contributed by atoms with van der Waals surface area (Å²) in [5, 5.41) is 0. The summed E-state index contributed by atoms with van der Waals surface area (Å²) < 4.78 is 177. The quantitative estimate of drug-likeness (QED) is 0.221. The number of hydrogen-bond acceptors (Lipinski definition) is 3. The molecule has 16 heteroatoms. The van der Waals surface area contributed by atoms with Gasteiger partial charge in [-0.2, -0.15) is 52.7 Å². The highest BCUT2D eigenvalue weighted by atomic mass is 28.4. The van der Waals surface area contributed by atoms with Crippen LogP contribution in [0.4, 0.5) is 52.7 Å². The zero-order chi connectivity index (χ0) is 23.7. The summed E-state index contributed by atoms with van der Waals surface area (Å²) in [5.41, 5.74) is -6.45. The molecule has 174 valence electrons. The number of halogens is 12. The van der Waals surface area contributed by atoms with Crippen LogP contribution in [0.5, 0.6) is 0 Å². The molecule has 0 fully saturated rings. The summed E-state index contributed by atoms with van der Waals surface area (Å²) in [7, 11) is -5.62. The Morgan fingerprint density at radius 3 is 1.31 bits per heavy atom. The van der Waals surface area contributed by atoms with Crippen LogP contribution in [0.25, 0.3) is 0 Å². The zero-order valence-corrected chi connectivity index (χ0v) is 16.0. The van der Waals surface area contributed by atoms with Crippen LogP contribution < -0.4 is 0 Å². The van der Waals surface area contributed by atoms with E-state index < -0.39 is 56.8 Å². The molecule has 29 heavy (non-hydrogen) atoms. The van der Waals surface area contributed by atoms with Gasteiger partial charge in [0, 0.05) is 27.8 Å². The van der Waals surface area contributed by atoms with Gasteiger partial charge in [-0.1, -0.05) is 6.08 Å². The smallest absolute Gasteiger partial charge is 0.373 e. The molecule has 0 amide bonds.